The molecule has 122 valence electrons. The summed E-state index contributed by atoms with van der Waals surface area (Å²) in [5.41, 5.74) is 2.37. The molecule has 5 heteroatoms. The smallest absolute Gasteiger partial charge is 0.262 e. The highest BCUT2D eigenvalue weighted by atomic mass is 16.5. The number of fused-ring (bicyclic) bond motifs is 1. The van der Waals surface area contributed by atoms with Crippen LogP contribution in [-0.4, -0.2) is 17.6 Å². The summed E-state index contributed by atoms with van der Waals surface area (Å²) in [6.45, 7) is 3.84. The molecule has 0 saturated heterocycles. The molecule has 0 unspecified atom stereocenters. The van der Waals surface area contributed by atoms with Crippen molar-refractivity contribution in [1.82, 2.24) is 10.5 Å². The van der Waals surface area contributed by atoms with Gasteiger partial charge in [-0.3, -0.25) is 4.79 Å². The van der Waals surface area contributed by atoms with Crippen molar-refractivity contribution < 1.29 is 9.32 Å². The standard InChI is InChI=1S/C20H15N3O2/c1-2-10-22-20(24)16(13-21)11-14-8-9-18-17(12-14)19(25-23-18)15-6-4-3-5-7-15/h2-9,11-12H,1,10H2,(H,22,24). The Balaban J connectivity index is 2.01. The van der Waals surface area contributed by atoms with E-state index in [0.717, 1.165) is 16.5 Å². The summed E-state index contributed by atoms with van der Waals surface area (Å²) in [7, 11) is 0. The molecule has 0 atom stereocenters. The third-order valence-corrected chi connectivity index (χ3v) is 3.62. The molecular weight excluding hydrogens is 314 g/mol. The van der Waals surface area contributed by atoms with Crippen molar-refractivity contribution in [3.8, 4) is 17.4 Å². The topological polar surface area (TPSA) is 78.9 Å². The van der Waals surface area contributed by atoms with Gasteiger partial charge in [-0.1, -0.05) is 47.6 Å². The summed E-state index contributed by atoms with van der Waals surface area (Å²) in [6.07, 6.45) is 3.10. The van der Waals surface area contributed by atoms with Gasteiger partial charge in [-0.2, -0.15) is 5.26 Å². The molecule has 0 aliphatic heterocycles. The number of nitrogens with zero attached hydrogens (tertiary/aromatic N) is 2. The first-order valence-corrected chi connectivity index (χ1v) is 7.68. The number of amides is 1. The molecule has 5 nitrogen and oxygen atoms in total. The zero-order chi connectivity index (χ0) is 17.6. The Morgan fingerprint density at radius 2 is 2.08 bits per heavy atom. The van der Waals surface area contributed by atoms with Gasteiger partial charge in [-0.05, 0) is 23.8 Å². The van der Waals surface area contributed by atoms with E-state index in [0.29, 0.717) is 17.8 Å². The zero-order valence-corrected chi connectivity index (χ0v) is 13.4. The lowest BCUT2D eigenvalue weighted by Gasteiger charge is -2.01. The summed E-state index contributed by atoms with van der Waals surface area (Å²) in [4.78, 5) is 12.0. The van der Waals surface area contributed by atoms with E-state index in [1.165, 1.54) is 0 Å². The van der Waals surface area contributed by atoms with E-state index in [2.05, 4.69) is 17.1 Å². The molecule has 1 heterocycles. The quantitative estimate of drug-likeness (QED) is 0.440. The van der Waals surface area contributed by atoms with Crippen LogP contribution >= 0.6 is 0 Å². The fraction of sp³-hybridized carbons (Fsp3) is 0.0500. The van der Waals surface area contributed by atoms with Crippen LogP contribution in [0.1, 0.15) is 5.56 Å². The van der Waals surface area contributed by atoms with E-state index < -0.39 is 5.91 Å². The Labute approximate surface area is 144 Å². The summed E-state index contributed by atoms with van der Waals surface area (Å²) < 4.78 is 5.46. The van der Waals surface area contributed by atoms with Crippen LogP contribution in [0.15, 0.2) is 71.3 Å². The minimum absolute atomic E-state index is 0.0268. The van der Waals surface area contributed by atoms with Crippen molar-refractivity contribution in [2.75, 3.05) is 6.54 Å². The second kappa shape index (κ2) is 7.28. The van der Waals surface area contributed by atoms with Gasteiger partial charge >= 0.3 is 0 Å². The Morgan fingerprint density at radius 3 is 2.80 bits per heavy atom. The number of nitrogens with one attached hydrogen (secondary N) is 1. The van der Waals surface area contributed by atoms with Crippen molar-refractivity contribution in [3.05, 3.63) is 72.3 Å². The third kappa shape index (κ3) is 3.48. The molecule has 3 rings (SSSR count). The summed E-state index contributed by atoms with van der Waals surface area (Å²) in [6, 6.07) is 17.0. The third-order valence-electron chi connectivity index (χ3n) is 3.62. The maximum atomic E-state index is 12.0. The fourth-order valence-electron chi connectivity index (χ4n) is 2.42. The fourth-order valence-corrected chi connectivity index (χ4v) is 2.42. The maximum Gasteiger partial charge on any atom is 0.262 e. The molecule has 3 aromatic rings. The Morgan fingerprint density at radius 1 is 1.28 bits per heavy atom. The van der Waals surface area contributed by atoms with Gasteiger partial charge < -0.3 is 9.84 Å². The van der Waals surface area contributed by atoms with Gasteiger partial charge in [0.1, 0.15) is 17.2 Å². The average Bonchev–Trinajstić information content (AvgIpc) is 3.08. The van der Waals surface area contributed by atoms with E-state index in [4.69, 9.17) is 4.52 Å². The van der Waals surface area contributed by atoms with Crippen LogP contribution in [0.3, 0.4) is 0 Å². The molecule has 0 aliphatic rings. The molecule has 0 aliphatic carbocycles. The molecule has 2 aromatic carbocycles. The monoisotopic (exact) mass is 329 g/mol. The SMILES string of the molecule is C=CCNC(=O)C(C#N)=Cc1ccc2noc(-c3ccccc3)c2c1. The summed E-state index contributed by atoms with van der Waals surface area (Å²) >= 11 is 0. The first-order valence-electron chi connectivity index (χ1n) is 7.68. The highest BCUT2D eigenvalue weighted by Crippen LogP contribution is 2.29. The molecule has 1 aromatic heterocycles. The van der Waals surface area contributed by atoms with Crippen LogP contribution in [0, 0.1) is 11.3 Å². The highest BCUT2D eigenvalue weighted by molar-refractivity contribution is 6.02. The number of rotatable bonds is 5. The van der Waals surface area contributed by atoms with Gasteiger partial charge in [-0.15, -0.1) is 6.58 Å². The van der Waals surface area contributed by atoms with Crippen LogP contribution < -0.4 is 5.32 Å². The van der Waals surface area contributed by atoms with E-state index >= 15 is 0 Å². The number of nitriles is 1. The molecule has 0 fully saturated rings. The molecule has 1 amide bonds. The number of hydrogen-bond acceptors (Lipinski definition) is 4. The minimum Gasteiger partial charge on any atom is -0.355 e. The van der Waals surface area contributed by atoms with Crippen molar-refractivity contribution in [2.24, 2.45) is 0 Å². The lowest BCUT2D eigenvalue weighted by Crippen LogP contribution is -2.24. The Bertz CT molecular complexity index is 995. The van der Waals surface area contributed by atoms with Crippen molar-refractivity contribution in [1.29, 1.82) is 5.26 Å². The summed E-state index contributed by atoms with van der Waals surface area (Å²) in [5.74, 6) is 0.219. The Hall–Kier alpha value is -3.65. The van der Waals surface area contributed by atoms with Crippen LogP contribution in [0.2, 0.25) is 0 Å². The lowest BCUT2D eigenvalue weighted by molar-refractivity contribution is -0.116. The molecule has 0 bridgehead atoms. The van der Waals surface area contributed by atoms with E-state index in [-0.39, 0.29) is 5.57 Å². The zero-order valence-electron chi connectivity index (χ0n) is 13.4. The van der Waals surface area contributed by atoms with Gasteiger partial charge in [0.25, 0.3) is 5.91 Å². The van der Waals surface area contributed by atoms with E-state index in [1.54, 1.807) is 24.3 Å². The average molecular weight is 329 g/mol. The van der Waals surface area contributed by atoms with Crippen LogP contribution in [0.5, 0.6) is 0 Å². The first-order chi connectivity index (χ1) is 12.2. The first kappa shape index (κ1) is 16.2. The number of aromatic nitrogens is 1. The second-order valence-electron chi connectivity index (χ2n) is 5.32. The predicted molar refractivity (Wildman–Crippen MR) is 96.2 cm³/mol. The van der Waals surface area contributed by atoms with Gasteiger partial charge in [0, 0.05) is 12.1 Å². The molecule has 0 saturated carbocycles. The minimum atomic E-state index is -0.434. The molecule has 0 radical (unpaired) electrons. The van der Waals surface area contributed by atoms with E-state index in [1.807, 2.05) is 42.5 Å². The van der Waals surface area contributed by atoms with Crippen LogP contribution in [0.4, 0.5) is 0 Å². The van der Waals surface area contributed by atoms with Crippen LogP contribution in [0.25, 0.3) is 28.3 Å². The van der Waals surface area contributed by atoms with Crippen molar-refractivity contribution >= 4 is 22.9 Å². The van der Waals surface area contributed by atoms with Gasteiger partial charge in [0.15, 0.2) is 5.76 Å². The highest BCUT2D eigenvalue weighted by Gasteiger charge is 2.12. The normalized spacial score (nSPS) is 11.1. The lowest BCUT2D eigenvalue weighted by atomic mass is 10.0. The molecule has 1 N–H and O–H groups in total. The summed E-state index contributed by atoms with van der Waals surface area (Å²) in [5, 5.41) is 16.7. The van der Waals surface area contributed by atoms with Gasteiger partial charge in [0.05, 0.1) is 5.39 Å². The van der Waals surface area contributed by atoms with E-state index in [9.17, 15) is 10.1 Å². The number of benzene rings is 2. The molecule has 0 spiro atoms. The molecular formula is C20H15N3O2. The van der Waals surface area contributed by atoms with Crippen molar-refractivity contribution in [2.45, 2.75) is 0 Å². The largest absolute Gasteiger partial charge is 0.355 e. The second-order valence-corrected chi connectivity index (χ2v) is 5.32. The van der Waals surface area contributed by atoms with Gasteiger partial charge in [0.2, 0.25) is 0 Å². The van der Waals surface area contributed by atoms with Gasteiger partial charge in [-0.25, -0.2) is 0 Å². The van der Waals surface area contributed by atoms with Crippen LogP contribution in [-0.2, 0) is 4.79 Å². The molecule has 25 heavy (non-hydrogen) atoms. The maximum absolute atomic E-state index is 12.0. The number of hydrogen-bond donors (Lipinski definition) is 1. The number of carbonyl (C=O) groups is 1. The number of carbonyl (C=O) groups excluding carboxylic acids is 1. The predicted octanol–water partition coefficient (Wildman–Crippen LogP) is 3.70. The Kier molecular flexibility index (Phi) is 4.72. The van der Waals surface area contributed by atoms with Crippen molar-refractivity contribution in [3.63, 3.8) is 0 Å².